The molecule has 10 heteroatoms. The van der Waals surface area contributed by atoms with Crippen LogP contribution >= 0.6 is 0 Å². The highest BCUT2D eigenvalue weighted by atomic mass is 16.5. The van der Waals surface area contributed by atoms with Crippen molar-refractivity contribution in [1.29, 1.82) is 0 Å². The SMILES string of the molecule is [C-]#[N+]c1c(C)c(/C=C/C=C2\C(=O)N(CCCOC(C)C)C(=O)C([N+]#[C-])C2C)c(=O)n(CCCOC(C)C)c1[O-]. The van der Waals surface area contributed by atoms with E-state index in [0.717, 1.165) is 9.47 Å². The number of pyridine rings is 1. The van der Waals surface area contributed by atoms with Crippen LogP contribution in [0.2, 0.25) is 0 Å². The molecule has 2 unspecified atom stereocenters. The summed E-state index contributed by atoms with van der Waals surface area (Å²) >= 11 is 0. The summed E-state index contributed by atoms with van der Waals surface area (Å²) < 4.78 is 12.0. The van der Waals surface area contributed by atoms with E-state index in [2.05, 4.69) is 9.69 Å². The van der Waals surface area contributed by atoms with E-state index >= 15 is 0 Å². The number of likely N-dealkylation sites (tertiary alicyclic amines) is 1. The molecule has 0 radical (unpaired) electrons. The van der Waals surface area contributed by atoms with Gasteiger partial charge in [-0.1, -0.05) is 25.2 Å². The Balaban J connectivity index is 2.39. The standard InChI is InChI=1S/C29H38N4O6/c1-18(2)38-16-10-14-32-26(34)22(20(5)24(30-7)28(32)36)12-9-13-23-21(6)25(31-8)29(37)33(27(23)35)15-11-17-39-19(3)4/h9,12-13,18-20,24,37H,10-11,14-17H2,1-6H3/p-1/b13-9+,22-12-. The molecular weight excluding hydrogens is 500 g/mol. The van der Waals surface area contributed by atoms with Crippen molar-refractivity contribution in [2.24, 2.45) is 5.92 Å². The Hall–Kier alpha value is -3.73. The lowest BCUT2D eigenvalue weighted by Crippen LogP contribution is -2.52. The summed E-state index contributed by atoms with van der Waals surface area (Å²) in [6.45, 7) is 26.7. The summed E-state index contributed by atoms with van der Waals surface area (Å²) in [6.07, 6.45) is 5.37. The van der Waals surface area contributed by atoms with Crippen molar-refractivity contribution in [2.75, 3.05) is 19.8 Å². The van der Waals surface area contributed by atoms with Crippen molar-refractivity contribution in [1.82, 2.24) is 9.47 Å². The molecule has 0 spiro atoms. The van der Waals surface area contributed by atoms with Gasteiger partial charge in [0.05, 0.1) is 24.7 Å². The molecule has 210 valence electrons. The number of rotatable bonds is 12. The number of amides is 2. The van der Waals surface area contributed by atoms with E-state index in [0.29, 0.717) is 26.1 Å². The van der Waals surface area contributed by atoms with Gasteiger partial charge in [0.2, 0.25) is 0 Å². The molecule has 0 saturated carbocycles. The first kappa shape index (κ1) is 31.5. The van der Waals surface area contributed by atoms with E-state index in [9.17, 15) is 19.5 Å². The topological polar surface area (TPSA) is 110 Å². The Bertz CT molecular complexity index is 1260. The second-order valence-corrected chi connectivity index (χ2v) is 9.95. The Morgan fingerprint density at radius 2 is 1.62 bits per heavy atom. The summed E-state index contributed by atoms with van der Waals surface area (Å²) in [5.74, 6) is -2.30. The summed E-state index contributed by atoms with van der Waals surface area (Å²) in [7, 11) is 0. The minimum Gasteiger partial charge on any atom is -0.869 e. The highest BCUT2D eigenvalue weighted by Gasteiger charge is 2.46. The second kappa shape index (κ2) is 14.4. The van der Waals surface area contributed by atoms with Crippen LogP contribution in [-0.2, 0) is 25.6 Å². The minimum absolute atomic E-state index is 0.0173. The molecule has 2 amide bonds. The van der Waals surface area contributed by atoms with Gasteiger partial charge in [-0.15, -0.1) is 0 Å². The second-order valence-electron chi connectivity index (χ2n) is 9.95. The van der Waals surface area contributed by atoms with Crippen LogP contribution in [0.25, 0.3) is 15.8 Å². The van der Waals surface area contributed by atoms with Gasteiger partial charge in [-0.05, 0) is 58.9 Å². The number of imide groups is 1. The zero-order chi connectivity index (χ0) is 29.3. The normalized spacial score (nSPS) is 18.9. The maximum absolute atomic E-state index is 13.2. The van der Waals surface area contributed by atoms with Gasteiger partial charge < -0.3 is 24.0 Å². The smallest absolute Gasteiger partial charge is 0.313 e. The number of nitrogens with zero attached hydrogens (tertiary/aromatic N) is 4. The minimum atomic E-state index is -1.03. The highest BCUT2D eigenvalue weighted by molar-refractivity contribution is 6.10. The number of carbonyl (C=O) groups excluding carboxylic acids is 2. The van der Waals surface area contributed by atoms with E-state index in [1.807, 2.05) is 27.7 Å². The number of carbonyl (C=O) groups is 2. The van der Waals surface area contributed by atoms with Crippen molar-refractivity contribution < 1.29 is 24.2 Å². The van der Waals surface area contributed by atoms with Crippen molar-refractivity contribution in [3.63, 3.8) is 0 Å². The first-order chi connectivity index (χ1) is 18.5. The van der Waals surface area contributed by atoms with E-state index in [4.69, 9.17) is 22.6 Å². The van der Waals surface area contributed by atoms with Gasteiger partial charge in [-0.25, -0.2) is 11.4 Å². The molecule has 39 heavy (non-hydrogen) atoms. The molecular formula is C29H37N4O6-. The quantitative estimate of drug-likeness (QED) is 0.174. The van der Waals surface area contributed by atoms with Gasteiger partial charge >= 0.3 is 11.9 Å². The number of hydrogen-bond acceptors (Lipinski definition) is 6. The molecule has 2 atom stereocenters. The summed E-state index contributed by atoms with van der Waals surface area (Å²) in [5.41, 5.74) is 0.0219. The maximum Gasteiger partial charge on any atom is 0.313 e. The van der Waals surface area contributed by atoms with Crippen LogP contribution in [0.1, 0.15) is 58.6 Å². The van der Waals surface area contributed by atoms with Gasteiger partial charge in [-0.2, -0.15) is 0 Å². The number of piperidine rings is 1. The largest absolute Gasteiger partial charge is 0.869 e. The fraction of sp³-hybridized carbons (Fsp3) is 0.552. The lowest BCUT2D eigenvalue weighted by atomic mass is 9.87. The number of aromatic nitrogens is 1. The molecule has 0 N–H and O–H groups in total. The Morgan fingerprint density at radius 1 is 1.03 bits per heavy atom. The van der Waals surface area contributed by atoms with Gasteiger partial charge in [0, 0.05) is 37.4 Å². The predicted molar refractivity (Wildman–Crippen MR) is 146 cm³/mol. The molecule has 1 fully saturated rings. The molecule has 10 nitrogen and oxygen atoms in total. The molecule has 1 aliphatic heterocycles. The van der Waals surface area contributed by atoms with Crippen molar-refractivity contribution in [2.45, 2.75) is 79.2 Å². The third-order valence-electron chi connectivity index (χ3n) is 6.40. The monoisotopic (exact) mass is 537 g/mol. The fourth-order valence-corrected chi connectivity index (χ4v) is 4.27. The lowest BCUT2D eigenvalue weighted by Gasteiger charge is -2.31. The molecule has 1 aromatic heterocycles. The Kier molecular flexibility index (Phi) is 11.7. The zero-order valence-corrected chi connectivity index (χ0v) is 23.5. The van der Waals surface area contributed by atoms with Crippen LogP contribution in [0.3, 0.4) is 0 Å². The molecule has 0 aliphatic carbocycles. The third-order valence-corrected chi connectivity index (χ3v) is 6.40. The van der Waals surface area contributed by atoms with Gasteiger partial charge in [-0.3, -0.25) is 19.3 Å². The van der Waals surface area contributed by atoms with Crippen molar-refractivity contribution in [3.05, 3.63) is 62.0 Å². The molecule has 2 heterocycles. The van der Waals surface area contributed by atoms with Crippen molar-refractivity contribution >= 4 is 23.6 Å². The summed E-state index contributed by atoms with van der Waals surface area (Å²) in [5, 5.41) is 12.8. The molecule has 1 aliphatic rings. The van der Waals surface area contributed by atoms with Crippen LogP contribution in [0, 0.1) is 26.0 Å². The summed E-state index contributed by atoms with van der Waals surface area (Å²) in [4.78, 5) is 47.1. The fourth-order valence-electron chi connectivity index (χ4n) is 4.27. The molecule has 0 bridgehead atoms. The summed E-state index contributed by atoms with van der Waals surface area (Å²) in [6, 6.07) is -1.03. The average molecular weight is 538 g/mol. The Labute approximate surface area is 230 Å². The van der Waals surface area contributed by atoms with Crippen LogP contribution in [0.15, 0.2) is 22.5 Å². The highest BCUT2D eigenvalue weighted by Crippen LogP contribution is 2.30. The van der Waals surface area contributed by atoms with Gasteiger partial charge in [0.25, 0.3) is 11.5 Å². The van der Waals surface area contributed by atoms with Crippen LogP contribution in [-0.4, -0.2) is 59.3 Å². The Morgan fingerprint density at radius 3 is 2.15 bits per heavy atom. The molecule has 0 aromatic carbocycles. The van der Waals surface area contributed by atoms with E-state index in [-0.39, 0.29) is 47.7 Å². The van der Waals surface area contributed by atoms with Crippen LogP contribution < -0.4 is 10.7 Å². The van der Waals surface area contributed by atoms with Crippen LogP contribution in [0.4, 0.5) is 5.69 Å². The first-order valence-corrected chi connectivity index (χ1v) is 13.1. The van der Waals surface area contributed by atoms with Crippen LogP contribution in [0.5, 0.6) is 5.88 Å². The number of ether oxygens (including phenoxy) is 2. The van der Waals surface area contributed by atoms with E-state index in [1.54, 1.807) is 6.92 Å². The number of allylic oxidation sites excluding steroid dienone is 2. The lowest BCUT2D eigenvalue weighted by molar-refractivity contribution is -0.278. The van der Waals surface area contributed by atoms with Crippen molar-refractivity contribution in [3.8, 4) is 5.88 Å². The maximum atomic E-state index is 13.2. The zero-order valence-electron chi connectivity index (χ0n) is 23.5. The number of hydrogen-bond donors (Lipinski definition) is 0. The van der Waals surface area contributed by atoms with E-state index in [1.165, 1.54) is 25.2 Å². The molecule has 1 saturated heterocycles. The van der Waals surface area contributed by atoms with E-state index < -0.39 is 35.2 Å². The van der Waals surface area contributed by atoms with Gasteiger partial charge in [0.15, 0.2) is 5.69 Å². The first-order valence-electron chi connectivity index (χ1n) is 13.1. The third kappa shape index (κ3) is 7.66. The molecule has 1 aromatic rings. The average Bonchev–Trinajstić information content (AvgIpc) is 2.87. The van der Waals surface area contributed by atoms with Gasteiger partial charge in [0.1, 0.15) is 0 Å². The molecule has 2 rings (SSSR count). The predicted octanol–water partition coefficient (Wildman–Crippen LogP) is 3.64.